The summed E-state index contributed by atoms with van der Waals surface area (Å²) in [4.78, 5) is 19.4. The van der Waals surface area contributed by atoms with Gasteiger partial charge in [-0.15, -0.1) is 0 Å². The Morgan fingerprint density at radius 2 is 2.00 bits per heavy atom. The van der Waals surface area contributed by atoms with Gasteiger partial charge in [0.25, 0.3) is 0 Å². The predicted octanol–water partition coefficient (Wildman–Crippen LogP) is 3.45. The highest BCUT2D eigenvalue weighted by Gasteiger charge is 2.29. The average Bonchev–Trinajstić information content (AvgIpc) is 3.10. The standard InChI is InChI=1S/C22H30N4O2/c1-25-14-12-23-21(25)15-20(17-7-3-2-4-8-17)24-22(27)26-13-6-11-19(16-26)28-18-9-5-10-18/h2-4,7-8,12,14,18-20H,5-6,9-11,13,15-16H2,1H3,(H,24,27). The number of hydrogen-bond acceptors (Lipinski definition) is 3. The van der Waals surface area contributed by atoms with Crippen molar-refractivity contribution < 1.29 is 9.53 Å². The largest absolute Gasteiger partial charge is 0.373 e. The zero-order valence-electron chi connectivity index (χ0n) is 16.6. The van der Waals surface area contributed by atoms with Crippen molar-refractivity contribution in [3.8, 4) is 0 Å². The molecule has 28 heavy (non-hydrogen) atoms. The van der Waals surface area contributed by atoms with E-state index >= 15 is 0 Å². The van der Waals surface area contributed by atoms with Gasteiger partial charge in [0.1, 0.15) is 5.82 Å². The minimum absolute atomic E-state index is 0.00929. The maximum atomic E-state index is 13.0. The van der Waals surface area contributed by atoms with Crippen LogP contribution < -0.4 is 5.32 Å². The lowest BCUT2D eigenvalue weighted by atomic mass is 9.95. The van der Waals surface area contributed by atoms with Gasteiger partial charge in [-0.1, -0.05) is 30.3 Å². The summed E-state index contributed by atoms with van der Waals surface area (Å²) in [6.07, 6.45) is 10.6. The molecule has 2 atom stereocenters. The molecule has 6 heteroatoms. The van der Waals surface area contributed by atoms with E-state index in [1.54, 1.807) is 6.20 Å². The number of imidazole rings is 1. The molecule has 1 saturated heterocycles. The molecule has 1 saturated carbocycles. The molecule has 1 aliphatic heterocycles. The topological polar surface area (TPSA) is 59.4 Å². The number of piperidine rings is 1. The van der Waals surface area contributed by atoms with Crippen molar-refractivity contribution in [3.05, 3.63) is 54.1 Å². The van der Waals surface area contributed by atoms with Gasteiger partial charge in [-0.2, -0.15) is 0 Å². The summed E-state index contributed by atoms with van der Waals surface area (Å²) in [5.41, 5.74) is 1.10. The Kier molecular flexibility index (Phi) is 5.95. The van der Waals surface area contributed by atoms with Gasteiger partial charge >= 0.3 is 6.03 Å². The summed E-state index contributed by atoms with van der Waals surface area (Å²) in [6.45, 7) is 1.48. The molecule has 2 heterocycles. The summed E-state index contributed by atoms with van der Waals surface area (Å²) in [5, 5.41) is 3.25. The normalized spacial score (nSPS) is 21.2. The van der Waals surface area contributed by atoms with E-state index in [0.717, 1.165) is 30.8 Å². The fourth-order valence-corrected chi connectivity index (χ4v) is 3.97. The number of nitrogens with zero attached hydrogens (tertiary/aromatic N) is 3. The summed E-state index contributed by atoms with van der Waals surface area (Å²) in [6, 6.07) is 10.0. The van der Waals surface area contributed by atoms with Crippen LogP contribution in [-0.4, -0.2) is 45.8 Å². The molecule has 0 bridgehead atoms. The summed E-state index contributed by atoms with van der Waals surface area (Å²) < 4.78 is 8.17. The first-order chi connectivity index (χ1) is 13.7. The summed E-state index contributed by atoms with van der Waals surface area (Å²) in [7, 11) is 1.99. The van der Waals surface area contributed by atoms with Crippen LogP contribution in [0.15, 0.2) is 42.7 Å². The van der Waals surface area contributed by atoms with Crippen LogP contribution >= 0.6 is 0 Å². The maximum Gasteiger partial charge on any atom is 0.317 e. The van der Waals surface area contributed by atoms with Gasteiger partial charge in [-0.3, -0.25) is 0 Å². The van der Waals surface area contributed by atoms with E-state index in [9.17, 15) is 4.79 Å². The highest BCUT2D eigenvalue weighted by molar-refractivity contribution is 5.75. The SMILES string of the molecule is Cn1ccnc1CC(NC(=O)N1CCCC(OC2CCC2)C1)c1ccccc1. The number of nitrogens with one attached hydrogen (secondary N) is 1. The van der Waals surface area contributed by atoms with Crippen molar-refractivity contribution in [2.45, 2.75) is 56.8 Å². The third kappa shape index (κ3) is 4.55. The van der Waals surface area contributed by atoms with Gasteiger partial charge in [0.2, 0.25) is 0 Å². The van der Waals surface area contributed by atoms with Gasteiger partial charge in [-0.05, 0) is 37.7 Å². The number of likely N-dealkylation sites (tertiary alicyclic amines) is 1. The van der Waals surface area contributed by atoms with Crippen molar-refractivity contribution >= 4 is 6.03 Å². The number of carbonyl (C=O) groups excluding carboxylic acids is 1. The van der Waals surface area contributed by atoms with Crippen LogP contribution in [0.4, 0.5) is 4.79 Å². The molecule has 2 aliphatic rings. The lowest BCUT2D eigenvalue weighted by molar-refractivity contribution is -0.0721. The molecule has 2 aromatic rings. The Hall–Kier alpha value is -2.34. The molecule has 0 radical (unpaired) electrons. The third-order valence-electron chi connectivity index (χ3n) is 5.91. The molecule has 4 rings (SSSR count). The molecule has 2 unspecified atom stereocenters. The Balaban J connectivity index is 1.41. The van der Waals surface area contributed by atoms with Crippen LogP contribution in [0, 0.1) is 0 Å². The second-order valence-electron chi connectivity index (χ2n) is 7.97. The monoisotopic (exact) mass is 382 g/mol. The Morgan fingerprint density at radius 1 is 1.21 bits per heavy atom. The smallest absolute Gasteiger partial charge is 0.317 e. The highest BCUT2D eigenvalue weighted by Crippen LogP contribution is 2.26. The number of urea groups is 1. The third-order valence-corrected chi connectivity index (χ3v) is 5.91. The van der Waals surface area contributed by atoms with Gasteiger partial charge in [-0.25, -0.2) is 9.78 Å². The predicted molar refractivity (Wildman–Crippen MR) is 108 cm³/mol. The van der Waals surface area contributed by atoms with Crippen molar-refractivity contribution in [1.82, 2.24) is 19.8 Å². The minimum atomic E-state index is -0.109. The van der Waals surface area contributed by atoms with E-state index in [1.165, 1.54) is 19.3 Å². The van der Waals surface area contributed by atoms with Crippen LogP contribution in [-0.2, 0) is 18.2 Å². The van der Waals surface area contributed by atoms with Gasteiger partial charge < -0.3 is 19.5 Å². The second kappa shape index (κ2) is 8.78. The first-order valence-electron chi connectivity index (χ1n) is 10.4. The van der Waals surface area contributed by atoms with Crippen molar-refractivity contribution in [2.24, 2.45) is 7.05 Å². The van der Waals surface area contributed by atoms with Crippen LogP contribution in [0.1, 0.15) is 49.5 Å². The quantitative estimate of drug-likeness (QED) is 0.832. The van der Waals surface area contributed by atoms with Crippen LogP contribution in [0.25, 0.3) is 0 Å². The first kappa shape index (κ1) is 19.0. The average molecular weight is 383 g/mol. The summed E-state index contributed by atoms with van der Waals surface area (Å²) in [5.74, 6) is 0.957. The van der Waals surface area contributed by atoms with Crippen LogP contribution in [0.5, 0.6) is 0 Å². The van der Waals surface area contributed by atoms with Crippen molar-refractivity contribution in [2.75, 3.05) is 13.1 Å². The van der Waals surface area contributed by atoms with Crippen molar-refractivity contribution in [1.29, 1.82) is 0 Å². The molecule has 150 valence electrons. The maximum absolute atomic E-state index is 13.0. The molecule has 1 aromatic carbocycles. The Bertz CT molecular complexity index is 772. The summed E-state index contributed by atoms with van der Waals surface area (Å²) >= 11 is 0. The molecule has 1 aliphatic carbocycles. The fourth-order valence-electron chi connectivity index (χ4n) is 3.97. The molecule has 2 amide bonds. The molecular weight excluding hydrogens is 352 g/mol. The molecular formula is C22H30N4O2. The van der Waals surface area contributed by atoms with E-state index in [2.05, 4.69) is 22.4 Å². The van der Waals surface area contributed by atoms with E-state index < -0.39 is 0 Å². The first-order valence-corrected chi connectivity index (χ1v) is 10.4. The molecule has 1 N–H and O–H groups in total. The van der Waals surface area contributed by atoms with Crippen LogP contribution in [0.2, 0.25) is 0 Å². The second-order valence-corrected chi connectivity index (χ2v) is 7.97. The molecule has 0 spiro atoms. The number of aromatic nitrogens is 2. The van der Waals surface area contributed by atoms with E-state index in [4.69, 9.17) is 4.74 Å². The number of aryl methyl sites for hydroxylation is 1. The highest BCUT2D eigenvalue weighted by atomic mass is 16.5. The number of benzene rings is 1. The lowest BCUT2D eigenvalue weighted by Crippen LogP contribution is -2.49. The van der Waals surface area contributed by atoms with E-state index in [0.29, 0.717) is 19.1 Å². The lowest BCUT2D eigenvalue weighted by Gasteiger charge is -2.37. The van der Waals surface area contributed by atoms with Gasteiger partial charge in [0, 0.05) is 39.0 Å². The van der Waals surface area contributed by atoms with Gasteiger partial charge in [0.15, 0.2) is 0 Å². The molecule has 1 aromatic heterocycles. The van der Waals surface area contributed by atoms with E-state index in [-0.39, 0.29) is 18.2 Å². The zero-order valence-corrected chi connectivity index (χ0v) is 16.6. The molecule has 6 nitrogen and oxygen atoms in total. The number of ether oxygens (including phenoxy) is 1. The zero-order chi connectivity index (χ0) is 19.3. The van der Waals surface area contributed by atoms with E-state index in [1.807, 2.05) is 40.9 Å². The molecule has 2 fully saturated rings. The fraction of sp³-hybridized carbons (Fsp3) is 0.545. The van der Waals surface area contributed by atoms with Crippen molar-refractivity contribution in [3.63, 3.8) is 0 Å². The number of rotatable bonds is 6. The minimum Gasteiger partial charge on any atom is -0.373 e. The Morgan fingerprint density at radius 3 is 2.68 bits per heavy atom. The van der Waals surface area contributed by atoms with Gasteiger partial charge in [0.05, 0.1) is 18.2 Å². The number of hydrogen-bond donors (Lipinski definition) is 1. The Labute approximate surface area is 166 Å². The van der Waals surface area contributed by atoms with Crippen LogP contribution in [0.3, 0.4) is 0 Å². The number of carbonyl (C=O) groups is 1. The number of amides is 2.